The van der Waals surface area contributed by atoms with Gasteiger partial charge in [0.15, 0.2) is 0 Å². The predicted octanol–water partition coefficient (Wildman–Crippen LogP) is 3.23. The number of rotatable bonds is 4. The highest BCUT2D eigenvalue weighted by atomic mass is 32.1. The lowest BCUT2D eigenvalue weighted by atomic mass is 9.87. The Morgan fingerprint density at radius 3 is 2.73 bits per heavy atom. The molecule has 8 heteroatoms. The van der Waals surface area contributed by atoms with Crippen molar-refractivity contribution in [1.29, 1.82) is 0 Å². The van der Waals surface area contributed by atoms with Crippen LogP contribution in [0.1, 0.15) is 33.1 Å². The van der Waals surface area contributed by atoms with Crippen LogP contribution in [-0.4, -0.2) is 44.0 Å². The van der Waals surface area contributed by atoms with E-state index in [2.05, 4.69) is 9.97 Å². The molecule has 156 valence electrons. The Morgan fingerprint density at radius 1 is 1.20 bits per heavy atom. The number of benzene rings is 1. The number of likely N-dealkylation sites (tertiary alicyclic amines) is 1. The number of ether oxygens (including phenoxy) is 1. The molecule has 1 aromatic carbocycles. The second kappa shape index (κ2) is 6.91. The zero-order chi connectivity index (χ0) is 21.0. The Morgan fingerprint density at radius 2 is 2.00 bits per heavy atom. The second-order valence-corrected chi connectivity index (χ2v) is 9.84. The quantitative estimate of drug-likeness (QED) is 0.643. The molecule has 2 fully saturated rings. The predicted molar refractivity (Wildman–Crippen MR) is 116 cm³/mol. The van der Waals surface area contributed by atoms with Crippen LogP contribution in [-0.2, 0) is 11.8 Å². The van der Waals surface area contributed by atoms with E-state index in [-0.39, 0.29) is 28.3 Å². The maximum Gasteiger partial charge on any atom is 0.307 e. The summed E-state index contributed by atoms with van der Waals surface area (Å²) in [6.45, 7) is 4.88. The zero-order valence-corrected chi connectivity index (χ0v) is 18.1. The van der Waals surface area contributed by atoms with E-state index in [9.17, 15) is 9.59 Å². The average molecular weight is 425 g/mol. The molecule has 3 heterocycles. The molecule has 1 amide bonds. The Hall–Kier alpha value is -2.74. The molecule has 1 saturated carbocycles. The molecule has 0 unspecified atom stereocenters. The van der Waals surface area contributed by atoms with Gasteiger partial charge in [0.2, 0.25) is 11.8 Å². The van der Waals surface area contributed by atoms with Crippen molar-refractivity contribution < 1.29 is 9.53 Å². The van der Waals surface area contributed by atoms with Crippen LogP contribution in [0.15, 0.2) is 35.4 Å². The molecule has 1 aliphatic carbocycles. The average Bonchev–Trinajstić information content (AvgIpc) is 3.13. The third-order valence-corrected chi connectivity index (χ3v) is 7.31. The van der Waals surface area contributed by atoms with Gasteiger partial charge in [0, 0.05) is 43.5 Å². The maximum absolute atomic E-state index is 12.5. The lowest BCUT2D eigenvalue weighted by molar-refractivity contribution is -0.139. The van der Waals surface area contributed by atoms with E-state index in [1.807, 2.05) is 36.9 Å². The van der Waals surface area contributed by atoms with Gasteiger partial charge in [-0.1, -0.05) is 31.3 Å². The van der Waals surface area contributed by atoms with Crippen LogP contribution in [0.4, 0.5) is 0 Å². The van der Waals surface area contributed by atoms with Gasteiger partial charge in [-0.25, -0.2) is 4.98 Å². The minimum absolute atomic E-state index is 0.0183. The van der Waals surface area contributed by atoms with Gasteiger partial charge in [-0.15, -0.1) is 0 Å². The lowest BCUT2D eigenvalue weighted by Crippen LogP contribution is -2.50. The first-order valence-electron chi connectivity index (χ1n) is 10.2. The first-order valence-corrected chi connectivity index (χ1v) is 11.0. The summed E-state index contributed by atoms with van der Waals surface area (Å²) in [7, 11) is 1.78. The summed E-state index contributed by atoms with van der Waals surface area (Å²) < 4.78 is 8.61. The van der Waals surface area contributed by atoms with Crippen molar-refractivity contribution in [3.05, 3.63) is 40.3 Å². The summed E-state index contributed by atoms with van der Waals surface area (Å²) in [6.07, 6.45) is 5.96. The fourth-order valence-corrected chi connectivity index (χ4v) is 5.16. The summed E-state index contributed by atoms with van der Waals surface area (Å²) in [5, 5.41) is 0. The van der Waals surface area contributed by atoms with Gasteiger partial charge < -0.3 is 14.2 Å². The fourth-order valence-electron chi connectivity index (χ4n) is 4.24. The minimum atomic E-state index is -0.237. The van der Waals surface area contributed by atoms with Crippen LogP contribution in [0.5, 0.6) is 5.88 Å². The number of hydrogen-bond acceptors (Lipinski definition) is 6. The number of nitrogens with zero attached hydrogens (tertiary/aromatic N) is 4. The molecule has 30 heavy (non-hydrogen) atoms. The third kappa shape index (κ3) is 3.19. The van der Waals surface area contributed by atoms with Crippen molar-refractivity contribution in [3.8, 4) is 17.1 Å². The molecule has 7 nitrogen and oxygen atoms in total. The second-order valence-electron chi connectivity index (χ2n) is 8.85. The van der Waals surface area contributed by atoms with Crippen LogP contribution in [0, 0.1) is 5.41 Å². The number of hydrogen-bond donors (Lipinski definition) is 0. The summed E-state index contributed by atoms with van der Waals surface area (Å²) in [6, 6.07) is 6.12. The molecule has 1 aliphatic heterocycles. The molecule has 1 saturated heterocycles. The molecule has 0 bridgehead atoms. The number of aromatic nitrogens is 3. The Bertz CT molecular complexity index is 1190. The maximum atomic E-state index is 12.5. The van der Waals surface area contributed by atoms with Crippen LogP contribution >= 0.6 is 11.3 Å². The van der Waals surface area contributed by atoms with Gasteiger partial charge in [0.05, 0.1) is 28.3 Å². The number of carbonyl (C=O) groups excluding carboxylic acids is 1. The van der Waals surface area contributed by atoms with Gasteiger partial charge in [0.1, 0.15) is 6.10 Å². The zero-order valence-electron chi connectivity index (χ0n) is 17.3. The highest BCUT2D eigenvalue weighted by Crippen LogP contribution is 2.38. The SMILES string of the molecule is Cn1c(=O)sc2cc(-c3cncc(OC4CC(N5CCC(C)(C)C5=O)C4)n3)ccc21. The standard InChI is InChI=1S/C22H24N4O3S/c1-22(2)6-7-26(20(22)27)14-9-15(10-14)29-19-12-23-11-16(24-19)13-4-5-17-18(8-13)30-21(28)25(17)3/h4-5,8,11-12,14-15H,6-7,9-10H2,1-3H3. The molecule has 3 aromatic rings. The summed E-state index contributed by atoms with van der Waals surface area (Å²) in [5.41, 5.74) is 2.29. The van der Waals surface area contributed by atoms with E-state index < -0.39 is 0 Å². The number of carbonyl (C=O) groups is 1. The molecule has 0 spiro atoms. The minimum Gasteiger partial charge on any atom is -0.473 e. The van der Waals surface area contributed by atoms with Crippen LogP contribution in [0.3, 0.4) is 0 Å². The van der Waals surface area contributed by atoms with E-state index in [1.54, 1.807) is 24.0 Å². The van der Waals surface area contributed by atoms with Gasteiger partial charge >= 0.3 is 4.87 Å². The summed E-state index contributed by atoms with van der Waals surface area (Å²) >= 11 is 1.22. The number of thiazole rings is 1. The van der Waals surface area contributed by atoms with E-state index >= 15 is 0 Å². The molecule has 0 radical (unpaired) electrons. The number of aryl methyl sites for hydroxylation is 1. The molecular formula is C22H24N4O3S. The highest BCUT2D eigenvalue weighted by Gasteiger charge is 2.46. The number of fused-ring (bicyclic) bond motifs is 1. The Balaban J connectivity index is 1.28. The summed E-state index contributed by atoms with van der Waals surface area (Å²) in [4.78, 5) is 35.3. The van der Waals surface area contributed by atoms with Crippen molar-refractivity contribution >= 4 is 27.5 Å². The lowest BCUT2D eigenvalue weighted by Gasteiger charge is -2.41. The molecule has 5 rings (SSSR count). The monoisotopic (exact) mass is 424 g/mol. The summed E-state index contributed by atoms with van der Waals surface area (Å²) in [5.74, 6) is 0.747. The molecule has 0 N–H and O–H groups in total. The van der Waals surface area contributed by atoms with E-state index in [0.29, 0.717) is 11.6 Å². The van der Waals surface area contributed by atoms with Crippen LogP contribution < -0.4 is 9.61 Å². The molecule has 2 aromatic heterocycles. The van der Waals surface area contributed by atoms with E-state index in [0.717, 1.165) is 41.6 Å². The molecule has 2 aliphatic rings. The third-order valence-electron chi connectivity index (χ3n) is 6.32. The van der Waals surface area contributed by atoms with Crippen LogP contribution in [0.25, 0.3) is 21.5 Å². The van der Waals surface area contributed by atoms with Gasteiger partial charge in [-0.3, -0.25) is 14.6 Å². The van der Waals surface area contributed by atoms with Gasteiger partial charge in [-0.05, 0) is 18.6 Å². The Labute approximate surface area is 178 Å². The number of amides is 1. The normalized spacial score (nSPS) is 23.0. The first-order chi connectivity index (χ1) is 14.3. The van der Waals surface area contributed by atoms with Gasteiger partial charge in [0.25, 0.3) is 0 Å². The van der Waals surface area contributed by atoms with Crippen molar-refractivity contribution in [2.45, 2.75) is 45.3 Å². The van der Waals surface area contributed by atoms with Crippen molar-refractivity contribution in [2.24, 2.45) is 12.5 Å². The largest absolute Gasteiger partial charge is 0.473 e. The molecular weight excluding hydrogens is 400 g/mol. The van der Waals surface area contributed by atoms with Crippen LogP contribution in [0.2, 0.25) is 0 Å². The molecule has 0 atom stereocenters. The van der Waals surface area contributed by atoms with Crippen molar-refractivity contribution in [1.82, 2.24) is 19.4 Å². The van der Waals surface area contributed by atoms with E-state index in [1.165, 1.54) is 11.3 Å². The topological polar surface area (TPSA) is 77.3 Å². The van der Waals surface area contributed by atoms with Gasteiger partial charge in [-0.2, -0.15) is 0 Å². The highest BCUT2D eigenvalue weighted by molar-refractivity contribution is 7.16. The fraction of sp³-hybridized carbons (Fsp3) is 0.455. The van der Waals surface area contributed by atoms with E-state index in [4.69, 9.17) is 4.74 Å². The first kappa shape index (κ1) is 19.2. The van der Waals surface area contributed by atoms with Crippen molar-refractivity contribution in [2.75, 3.05) is 6.54 Å². The Kier molecular flexibility index (Phi) is 4.43. The van der Waals surface area contributed by atoms with Crippen molar-refractivity contribution in [3.63, 3.8) is 0 Å². The smallest absolute Gasteiger partial charge is 0.307 e.